The molecule has 1 atom stereocenters. The van der Waals surface area contributed by atoms with Crippen LogP contribution >= 0.6 is 11.5 Å². The monoisotopic (exact) mass is 351 g/mol. The van der Waals surface area contributed by atoms with E-state index in [2.05, 4.69) is 31.8 Å². The average molecular weight is 351 g/mol. The van der Waals surface area contributed by atoms with Gasteiger partial charge in [0.15, 0.2) is 5.69 Å². The molecule has 3 aliphatic rings. The lowest BCUT2D eigenvalue weighted by Crippen LogP contribution is -2.57. The molecule has 2 bridgehead atoms. The molecule has 3 saturated heterocycles. The quantitative estimate of drug-likeness (QED) is 0.783. The van der Waals surface area contributed by atoms with Crippen LogP contribution in [0.5, 0.6) is 0 Å². The fraction of sp³-hybridized carbons (Fsp3) is 0.389. The van der Waals surface area contributed by atoms with E-state index < -0.39 is 0 Å². The SMILES string of the molecule is O=C(N[C@@H]1CN2CCC1CC2)c1nsc2cc(-n3cccn3)c#cc12. The van der Waals surface area contributed by atoms with Crippen molar-refractivity contribution in [3.63, 3.8) is 0 Å². The van der Waals surface area contributed by atoms with E-state index in [0.29, 0.717) is 11.6 Å². The Balaban J connectivity index is 1.40. The number of nitrogens with zero attached hydrogens (tertiary/aromatic N) is 4. The van der Waals surface area contributed by atoms with Crippen LogP contribution in [0.15, 0.2) is 24.5 Å². The van der Waals surface area contributed by atoms with Crippen molar-refractivity contribution in [2.45, 2.75) is 18.9 Å². The van der Waals surface area contributed by atoms with Gasteiger partial charge in [-0.2, -0.15) is 9.47 Å². The molecule has 2 aromatic heterocycles. The normalized spacial score (nSPS) is 25.0. The minimum absolute atomic E-state index is 0.0958. The Kier molecular flexibility index (Phi) is 3.47. The minimum Gasteiger partial charge on any atom is -0.346 e. The summed E-state index contributed by atoms with van der Waals surface area (Å²) in [6.07, 6.45) is 5.93. The maximum Gasteiger partial charge on any atom is 0.272 e. The Morgan fingerprint density at radius 3 is 2.92 bits per heavy atom. The molecule has 1 N–H and O–H groups in total. The standard InChI is InChI=1S/C18H17N5OS/c24-18(20-15-11-22-8-4-12(15)5-9-22)17-14-3-2-13(10-16(14)25-21-17)23-7-1-6-19-23/h1,6-7,10,12,15H,4-5,8-9,11H2,(H,20,24)/t15-/m1/s1. The Labute approximate surface area is 149 Å². The van der Waals surface area contributed by atoms with Gasteiger partial charge >= 0.3 is 0 Å². The second-order valence-electron chi connectivity index (χ2n) is 6.72. The van der Waals surface area contributed by atoms with E-state index in [4.69, 9.17) is 0 Å². The smallest absolute Gasteiger partial charge is 0.272 e. The van der Waals surface area contributed by atoms with Gasteiger partial charge in [-0.15, -0.1) is 0 Å². The molecular formula is C18H17N5OS. The molecule has 7 heteroatoms. The van der Waals surface area contributed by atoms with E-state index in [1.807, 2.05) is 18.3 Å². The van der Waals surface area contributed by atoms with Crippen molar-refractivity contribution in [1.29, 1.82) is 0 Å². The summed E-state index contributed by atoms with van der Waals surface area (Å²) >= 11 is 1.32. The van der Waals surface area contributed by atoms with Crippen LogP contribution in [0.2, 0.25) is 0 Å². The minimum atomic E-state index is -0.0958. The molecule has 126 valence electrons. The zero-order valence-electron chi connectivity index (χ0n) is 13.6. The summed E-state index contributed by atoms with van der Waals surface area (Å²) in [4.78, 5) is 15.2. The molecule has 3 aliphatic heterocycles. The number of nitrogens with one attached hydrogen (secondary N) is 1. The molecule has 25 heavy (non-hydrogen) atoms. The predicted octanol–water partition coefficient (Wildman–Crippen LogP) is 1.91. The Morgan fingerprint density at radius 1 is 1.32 bits per heavy atom. The Morgan fingerprint density at radius 2 is 2.20 bits per heavy atom. The second-order valence-corrected chi connectivity index (χ2v) is 7.52. The zero-order chi connectivity index (χ0) is 16.8. The first-order valence-corrected chi connectivity index (χ1v) is 9.32. The first-order valence-electron chi connectivity index (χ1n) is 8.54. The third-order valence-electron chi connectivity index (χ3n) is 5.24. The van der Waals surface area contributed by atoms with Crippen molar-refractivity contribution >= 4 is 27.5 Å². The van der Waals surface area contributed by atoms with Gasteiger partial charge in [-0.05, 0) is 61.6 Å². The van der Waals surface area contributed by atoms with Gasteiger partial charge in [0.2, 0.25) is 0 Å². The second kappa shape index (κ2) is 5.83. The van der Waals surface area contributed by atoms with Gasteiger partial charge in [-0.3, -0.25) is 4.79 Å². The maximum absolute atomic E-state index is 12.7. The van der Waals surface area contributed by atoms with E-state index in [0.717, 1.165) is 35.4 Å². The molecule has 1 amide bonds. The number of carbonyl (C=O) groups excluding carboxylic acids is 1. The number of piperidine rings is 3. The van der Waals surface area contributed by atoms with Crippen LogP contribution in [0.1, 0.15) is 23.3 Å². The van der Waals surface area contributed by atoms with Crippen molar-refractivity contribution in [3.8, 4) is 5.69 Å². The van der Waals surface area contributed by atoms with Gasteiger partial charge in [0.25, 0.3) is 5.91 Å². The van der Waals surface area contributed by atoms with Crippen LogP contribution < -0.4 is 5.32 Å². The predicted molar refractivity (Wildman–Crippen MR) is 94.8 cm³/mol. The van der Waals surface area contributed by atoms with Crippen molar-refractivity contribution < 1.29 is 4.79 Å². The molecule has 3 fully saturated rings. The van der Waals surface area contributed by atoms with E-state index in [1.54, 1.807) is 10.9 Å². The average Bonchev–Trinajstić information content (AvgIpc) is 3.32. The maximum atomic E-state index is 12.7. The number of fused-ring (bicyclic) bond motifs is 4. The summed E-state index contributed by atoms with van der Waals surface area (Å²) in [5.74, 6) is 0.502. The third-order valence-corrected chi connectivity index (χ3v) is 6.03. The highest BCUT2D eigenvalue weighted by atomic mass is 32.1. The fourth-order valence-electron chi connectivity index (χ4n) is 3.86. The van der Waals surface area contributed by atoms with Crippen molar-refractivity contribution in [3.05, 3.63) is 42.4 Å². The van der Waals surface area contributed by atoms with Crippen LogP contribution in [0.4, 0.5) is 0 Å². The van der Waals surface area contributed by atoms with Gasteiger partial charge in [-0.25, -0.2) is 4.68 Å². The van der Waals surface area contributed by atoms with Gasteiger partial charge < -0.3 is 10.2 Å². The number of aromatic nitrogens is 3. The first kappa shape index (κ1) is 14.9. The van der Waals surface area contributed by atoms with E-state index in [9.17, 15) is 4.79 Å². The number of amides is 1. The van der Waals surface area contributed by atoms with Crippen molar-refractivity contribution in [2.75, 3.05) is 19.6 Å². The van der Waals surface area contributed by atoms with Crippen molar-refractivity contribution in [2.24, 2.45) is 5.92 Å². The van der Waals surface area contributed by atoms with Gasteiger partial charge in [0.05, 0.1) is 10.1 Å². The number of hydrogen-bond acceptors (Lipinski definition) is 5. The highest BCUT2D eigenvalue weighted by Gasteiger charge is 2.35. The van der Waals surface area contributed by atoms with Crippen LogP contribution in [-0.4, -0.2) is 50.6 Å². The molecule has 0 unspecified atom stereocenters. The lowest BCUT2D eigenvalue weighted by Gasteiger charge is -2.44. The van der Waals surface area contributed by atoms with Crippen LogP contribution in [-0.2, 0) is 0 Å². The zero-order valence-corrected chi connectivity index (χ0v) is 14.4. The van der Waals surface area contributed by atoms with Gasteiger partial charge in [0, 0.05) is 25.0 Å². The summed E-state index contributed by atoms with van der Waals surface area (Å²) in [7, 11) is 0. The number of carbonyl (C=O) groups is 1. The van der Waals surface area contributed by atoms with E-state index in [-0.39, 0.29) is 11.9 Å². The highest BCUT2D eigenvalue weighted by Crippen LogP contribution is 2.28. The third kappa shape index (κ3) is 2.58. The highest BCUT2D eigenvalue weighted by molar-refractivity contribution is 7.13. The molecule has 0 aliphatic carbocycles. The first-order chi connectivity index (χ1) is 12.3. The molecule has 5 heterocycles. The van der Waals surface area contributed by atoms with E-state index >= 15 is 0 Å². The van der Waals surface area contributed by atoms with Crippen molar-refractivity contribution in [1.82, 2.24) is 24.4 Å². The summed E-state index contributed by atoms with van der Waals surface area (Å²) in [6, 6.07) is 10.2. The summed E-state index contributed by atoms with van der Waals surface area (Å²) in [5.41, 5.74) is 1.25. The summed E-state index contributed by atoms with van der Waals surface area (Å²) in [5, 5.41) is 8.14. The molecule has 0 spiro atoms. The molecular weight excluding hydrogens is 334 g/mol. The van der Waals surface area contributed by atoms with Crippen LogP contribution in [0, 0.1) is 18.1 Å². The van der Waals surface area contributed by atoms with Crippen LogP contribution in [0.25, 0.3) is 15.8 Å². The molecule has 0 saturated carbocycles. The number of hydrogen-bond donors (Lipinski definition) is 1. The summed E-state index contributed by atoms with van der Waals surface area (Å²) in [6.45, 7) is 3.28. The molecule has 3 aromatic rings. The van der Waals surface area contributed by atoms with E-state index in [1.165, 1.54) is 24.4 Å². The largest absolute Gasteiger partial charge is 0.346 e. The Hall–Kier alpha value is -2.43. The molecule has 6 rings (SSSR count). The summed E-state index contributed by atoms with van der Waals surface area (Å²) < 4.78 is 7.02. The van der Waals surface area contributed by atoms with Gasteiger partial charge in [-0.1, -0.05) is 6.07 Å². The molecule has 1 aromatic carbocycles. The lowest BCUT2D eigenvalue weighted by molar-refractivity contribution is 0.0619. The Bertz CT molecular complexity index is 911. The van der Waals surface area contributed by atoms with Crippen LogP contribution in [0.3, 0.4) is 0 Å². The fourth-order valence-corrected chi connectivity index (χ4v) is 4.63. The molecule has 6 nitrogen and oxygen atoms in total. The lowest BCUT2D eigenvalue weighted by atomic mass is 9.84. The number of rotatable bonds is 3. The van der Waals surface area contributed by atoms with Gasteiger partial charge in [0.1, 0.15) is 5.69 Å². The molecule has 0 radical (unpaired) electrons. The topological polar surface area (TPSA) is 63.1 Å².